The Hall–Kier alpha value is -2.71. The Morgan fingerprint density at radius 1 is 1.06 bits per heavy atom. The molecule has 2 aromatic carbocycles. The molecule has 0 radical (unpaired) electrons. The SMILES string of the molecule is O=C(N[C@H](CN1CCCC1)[C@H](O)c1ccc2c(c1)OCCO2)C(F)(F)C1Cc2ccccc2C1. The van der Waals surface area contributed by atoms with Crippen molar-refractivity contribution >= 4 is 5.91 Å². The molecule has 182 valence electrons. The summed E-state index contributed by atoms with van der Waals surface area (Å²) >= 11 is 0. The van der Waals surface area contributed by atoms with Gasteiger partial charge in [0.1, 0.15) is 19.3 Å². The van der Waals surface area contributed by atoms with Crippen LogP contribution in [0.2, 0.25) is 0 Å². The predicted octanol–water partition coefficient (Wildman–Crippen LogP) is 3.12. The van der Waals surface area contributed by atoms with Crippen LogP contribution in [0.3, 0.4) is 0 Å². The fourth-order valence-electron chi connectivity index (χ4n) is 5.21. The zero-order chi connectivity index (χ0) is 23.7. The maximum Gasteiger partial charge on any atom is 0.327 e. The number of carbonyl (C=O) groups is 1. The summed E-state index contributed by atoms with van der Waals surface area (Å²) in [6, 6.07) is 11.5. The quantitative estimate of drug-likeness (QED) is 0.648. The van der Waals surface area contributed by atoms with Crippen LogP contribution < -0.4 is 14.8 Å². The number of likely N-dealkylation sites (tertiary alicyclic amines) is 1. The van der Waals surface area contributed by atoms with E-state index in [0.717, 1.165) is 37.1 Å². The summed E-state index contributed by atoms with van der Waals surface area (Å²) in [4.78, 5) is 15.0. The molecule has 1 aliphatic carbocycles. The van der Waals surface area contributed by atoms with E-state index in [0.29, 0.717) is 36.8 Å². The fourth-order valence-corrected chi connectivity index (χ4v) is 5.21. The lowest BCUT2D eigenvalue weighted by atomic mass is 9.95. The maximum absolute atomic E-state index is 15.3. The first-order chi connectivity index (χ1) is 16.4. The van der Waals surface area contributed by atoms with Crippen LogP contribution in [0.15, 0.2) is 42.5 Å². The molecule has 3 aliphatic rings. The second-order valence-corrected chi connectivity index (χ2v) is 9.43. The molecule has 2 N–H and O–H groups in total. The lowest BCUT2D eigenvalue weighted by molar-refractivity contribution is -0.155. The Morgan fingerprint density at radius 2 is 1.71 bits per heavy atom. The average Bonchev–Trinajstić information content (AvgIpc) is 3.53. The largest absolute Gasteiger partial charge is 0.486 e. The molecule has 2 atom stereocenters. The molecule has 8 heteroatoms. The molecule has 1 amide bonds. The number of hydrogen-bond donors (Lipinski definition) is 2. The zero-order valence-corrected chi connectivity index (χ0v) is 19.0. The van der Waals surface area contributed by atoms with Crippen molar-refractivity contribution in [3.63, 3.8) is 0 Å². The van der Waals surface area contributed by atoms with Crippen molar-refractivity contribution < 1.29 is 28.2 Å². The molecular formula is C26H30F2N2O4. The third kappa shape index (κ3) is 4.61. The minimum atomic E-state index is -3.55. The van der Waals surface area contributed by atoms with Crippen LogP contribution in [0, 0.1) is 5.92 Å². The van der Waals surface area contributed by atoms with Gasteiger partial charge in [-0.1, -0.05) is 30.3 Å². The van der Waals surface area contributed by atoms with Crippen molar-refractivity contribution in [3.8, 4) is 11.5 Å². The van der Waals surface area contributed by atoms with E-state index in [1.807, 2.05) is 24.3 Å². The van der Waals surface area contributed by atoms with E-state index >= 15 is 8.78 Å². The molecule has 5 rings (SSSR count). The number of amides is 1. The smallest absolute Gasteiger partial charge is 0.327 e. The monoisotopic (exact) mass is 472 g/mol. The van der Waals surface area contributed by atoms with Gasteiger partial charge < -0.3 is 24.8 Å². The van der Waals surface area contributed by atoms with Crippen molar-refractivity contribution in [2.45, 2.75) is 43.8 Å². The minimum absolute atomic E-state index is 0.165. The van der Waals surface area contributed by atoms with Gasteiger partial charge in [0.2, 0.25) is 0 Å². The van der Waals surface area contributed by atoms with Gasteiger partial charge in [0.25, 0.3) is 5.91 Å². The summed E-state index contributed by atoms with van der Waals surface area (Å²) in [7, 11) is 0. The molecule has 2 heterocycles. The van der Waals surface area contributed by atoms with Crippen LogP contribution in [-0.4, -0.2) is 60.7 Å². The van der Waals surface area contributed by atoms with Gasteiger partial charge in [-0.15, -0.1) is 0 Å². The number of hydrogen-bond acceptors (Lipinski definition) is 5. The molecule has 0 spiro atoms. The normalized spacial score (nSPS) is 20.1. The van der Waals surface area contributed by atoms with Crippen LogP contribution in [0.25, 0.3) is 0 Å². The number of ether oxygens (including phenoxy) is 2. The second-order valence-electron chi connectivity index (χ2n) is 9.43. The van der Waals surface area contributed by atoms with Gasteiger partial charge in [0.15, 0.2) is 11.5 Å². The topological polar surface area (TPSA) is 71.0 Å². The minimum Gasteiger partial charge on any atom is -0.486 e. The van der Waals surface area contributed by atoms with E-state index < -0.39 is 29.9 Å². The maximum atomic E-state index is 15.3. The number of rotatable bonds is 7. The second kappa shape index (κ2) is 9.50. The van der Waals surface area contributed by atoms with Gasteiger partial charge in [0.05, 0.1) is 6.04 Å². The van der Waals surface area contributed by atoms with Gasteiger partial charge in [-0.2, -0.15) is 8.78 Å². The first-order valence-electron chi connectivity index (χ1n) is 12.0. The van der Waals surface area contributed by atoms with Gasteiger partial charge in [-0.3, -0.25) is 4.79 Å². The number of nitrogens with zero attached hydrogens (tertiary/aromatic N) is 1. The third-order valence-electron chi connectivity index (χ3n) is 7.13. The molecule has 34 heavy (non-hydrogen) atoms. The highest BCUT2D eigenvalue weighted by atomic mass is 19.3. The molecule has 0 aromatic heterocycles. The zero-order valence-electron chi connectivity index (χ0n) is 19.0. The Balaban J connectivity index is 1.34. The number of benzene rings is 2. The summed E-state index contributed by atoms with van der Waals surface area (Å²) < 4.78 is 41.8. The van der Waals surface area contributed by atoms with Gasteiger partial charge in [-0.05, 0) is 67.6 Å². The van der Waals surface area contributed by atoms with E-state index in [9.17, 15) is 9.90 Å². The Bertz CT molecular complexity index is 1020. The first kappa shape index (κ1) is 23.1. The average molecular weight is 473 g/mol. The summed E-state index contributed by atoms with van der Waals surface area (Å²) in [5.41, 5.74) is 2.22. The molecule has 1 saturated heterocycles. The van der Waals surface area contributed by atoms with Crippen molar-refractivity contribution in [1.29, 1.82) is 0 Å². The highest BCUT2D eigenvalue weighted by molar-refractivity contribution is 5.84. The molecule has 2 aromatic rings. The number of aliphatic hydroxyl groups excluding tert-OH is 1. The van der Waals surface area contributed by atoms with E-state index in [1.54, 1.807) is 18.2 Å². The highest BCUT2D eigenvalue weighted by Crippen LogP contribution is 2.38. The molecule has 1 fully saturated rings. The van der Waals surface area contributed by atoms with Crippen molar-refractivity contribution in [1.82, 2.24) is 10.2 Å². The Kier molecular flexibility index (Phi) is 6.44. The van der Waals surface area contributed by atoms with Crippen LogP contribution in [-0.2, 0) is 17.6 Å². The molecule has 0 unspecified atom stereocenters. The van der Waals surface area contributed by atoms with E-state index in [-0.39, 0.29) is 12.8 Å². The molecule has 6 nitrogen and oxygen atoms in total. The first-order valence-corrected chi connectivity index (χ1v) is 12.0. The summed E-state index contributed by atoms with van der Waals surface area (Å²) in [6.45, 7) is 2.77. The number of carbonyl (C=O) groups excluding carboxylic acids is 1. The summed E-state index contributed by atoms with van der Waals surface area (Å²) in [5, 5.41) is 13.7. The lowest BCUT2D eigenvalue weighted by Crippen LogP contribution is -2.54. The molecule has 0 saturated carbocycles. The number of nitrogens with one attached hydrogen (secondary N) is 1. The molecule has 0 bridgehead atoms. The molecular weight excluding hydrogens is 442 g/mol. The lowest BCUT2D eigenvalue weighted by Gasteiger charge is -2.31. The predicted molar refractivity (Wildman–Crippen MR) is 122 cm³/mol. The number of halogens is 2. The summed E-state index contributed by atoms with van der Waals surface area (Å²) in [5.74, 6) is -4.89. The molecule has 2 aliphatic heterocycles. The van der Waals surface area contributed by atoms with Gasteiger partial charge >= 0.3 is 5.92 Å². The van der Waals surface area contributed by atoms with Gasteiger partial charge in [0, 0.05) is 12.5 Å². The van der Waals surface area contributed by atoms with Crippen LogP contribution >= 0.6 is 0 Å². The standard InChI is InChI=1S/C26H30F2N2O4/c27-26(28,20-13-17-5-1-2-6-18(17)14-20)25(32)29-21(16-30-9-3-4-10-30)24(31)19-7-8-22-23(15-19)34-12-11-33-22/h1-2,5-8,15,20-21,24,31H,3-4,9-14,16H2,(H,29,32)/t21-,24-/m1/s1. The van der Waals surface area contributed by atoms with Crippen LogP contribution in [0.5, 0.6) is 11.5 Å². The van der Waals surface area contributed by atoms with Crippen molar-refractivity contribution in [2.24, 2.45) is 5.92 Å². The van der Waals surface area contributed by atoms with Crippen LogP contribution in [0.4, 0.5) is 8.78 Å². The third-order valence-corrected chi connectivity index (χ3v) is 7.13. The van der Waals surface area contributed by atoms with E-state index in [4.69, 9.17) is 9.47 Å². The van der Waals surface area contributed by atoms with Crippen molar-refractivity contribution in [3.05, 3.63) is 59.2 Å². The van der Waals surface area contributed by atoms with E-state index in [2.05, 4.69) is 10.2 Å². The summed E-state index contributed by atoms with van der Waals surface area (Å²) in [6.07, 6.45) is 1.18. The number of fused-ring (bicyclic) bond motifs is 2. The van der Waals surface area contributed by atoms with Crippen LogP contribution in [0.1, 0.15) is 35.6 Å². The number of alkyl halides is 2. The number of aliphatic hydroxyl groups is 1. The Labute approximate surface area is 197 Å². The van der Waals surface area contributed by atoms with E-state index in [1.165, 1.54) is 0 Å². The van der Waals surface area contributed by atoms with Gasteiger partial charge in [-0.25, -0.2) is 0 Å². The highest BCUT2D eigenvalue weighted by Gasteiger charge is 2.50. The fraction of sp³-hybridized carbons (Fsp3) is 0.500. The van der Waals surface area contributed by atoms with Crippen molar-refractivity contribution in [2.75, 3.05) is 32.8 Å². The Morgan fingerprint density at radius 3 is 2.38 bits per heavy atom.